The van der Waals surface area contributed by atoms with E-state index >= 15 is 0 Å². The van der Waals surface area contributed by atoms with Crippen molar-refractivity contribution in [3.63, 3.8) is 0 Å². The van der Waals surface area contributed by atoms with Crippen molar-refractivity contribution < 1.29 is 19.0 Å². The highest BCUT2D eigenvalue weighted by atomic mass is 16.5. The van der Waals surface area contributed by atoms with Crippen molar-refractivity contribution >= 4 is 5.91 Å². The van der Waals surface area contributed by atoms with Gasteiger partial charge in [-0.25, -0.2) is 0 Å². The lowest BCUT2D eigenvalue weighted by molar-refractivity contribution is -0.142. The maximum atomic E-state index is 12.8. The van der Waals surface area contributed by atoms with Crippen molar-refractivity contribution in [3.05, 3.63) is 60.2 Å². The predicted molar refractivity (Wildman–Crippen MR) is 104 cm³/mol. The Bertz CT molecular complexity index is 749. The second kappa shape index (κ2) is 8.91. The molecule has 5 nitrogen and oxygen atoms in total. The Morgan fingerprint density at radius 2 is 1.85 bits per heavy atom. The van der Waals surface area contributed by atoms with Crippen molar-refractivity contribution in [2.75, 3.05) is 33.9 Å². The molecule has 1 aliphatic heterocycles. The van der Waals surface area contributed by atoms with Gasteiger partial charge < -0.3 is 19.1 Å². The van der Waals surface area contributed by atoms with Gasteiger partial charge in [-0.15, -0.1) is 0 Å². The largest absolute Gasteiger partial charge is 0.497 e. The summed E-state index contributed by atoms with van der Waals surface area (Å²) >= 11 is 0. The molecule has 0 spiro atoms. The summed E-state index contributed by atoms with van der Waals surface area (Å²) < 4.78 is 17.0. The van der Waals surface area contributed by atoms with E-state index in [-0.39, 0.29) is 5.91 Å². The monoisotopic (exact) mass is 369 g/mol. The van der Waals surface area contributed by atoms with Crippen LogP contribution in [0.25, 0.3) is 0 Å². The van der Waals surface area contributed by atoms with E-state index in [4.69, 9.17) is 14.2 Å². The molecule has 3 rings (SSSR count). The van der Waals surface area contributed by atoms with Crippen molar-refractivity contribution in [1.82, 2.24) is 4.90 Å². The van der Waals surface area contributed by atoms with E-state index in [0.29, 0.717) is 19.6 Å². The average molecular weight is 369 g/mol. The quantitative estimate of drug-likeness (QED) is 0.751. The van der Waals surface area contributed by atoms with Gasteiger partial charge in [0.1, 0.15) is 23.7 Å². The fourth-order valence-corrected chi connectivity index (χ4v) is 3.45. The molecule has 5 heteroatoms. The van der Waals surface area contributed by atoms with Crippen LogP contribution in [-0.4, -0.2) is 50.3 Å². The lowest BCUT2D eigenvalue weighted by Gasteiger charge is -2.41. The van der Waals surface area contributed by atoms with Crippen LogP contribution in [0.4, 0.5) is 0 Å². The van der Waals surface area contributed by atoms with Gasteiger partial charge in [-0.1, -0.05) is 30.3 Å². The second-order valence-corrected chi connectivity index (χ2v) is 6.94. The molecule has 1 saturated heterocycles. The lowest BCUT2D eigenvalue weighted by Crippen LogP contribution is -2.54. The molecular weight excluding hydrogens is 342 g/mol. The Morgan fingerprint density at radius 1 is 1.07 bits per heavy atom. The maximum absolute atomic E-state index is 12.8. The van der Waals surface area contributed by atoms with Gasteiger partial charge >= 0.3 is 0 Å². The Labute approximate surface area is 160 Å². The molecule has 0 aromatic heterocycles. The van der Waals surface area contributed by atoms with Crippen LogP contribution in [0.3, 0.4) is 0 Å². The number of carbonyl (C=O) groups is 1. The van der Waals surface area contributed by atoms with Gasteiger partial charge in [0.05, 0.1) is 20.1 Å². The summed E-state index contributed by atoms with van der Waals surface area (Å²) in [4.78, 5) is 14.7. The van der Waals surface area contributed by atoms with Gasteiger partial charge in [0.2, 0.25) is 5.91 Å². The molecule has 2 aromatic carbocycles. The number of nitrogens with zero attached hydrogens (tertiary/aromatic N) is 1. The number of methoxy groups -OCH3 is 2. The summed E-state index contributed by atoms with van der Waals surface area (Å²) in [5.41, 5.74) is 0.478. The third kappa shape index (κ3) is 5.01. The number of benzene rings is 2. The van der Waals surface area contributed by atoms with Crippen molar-refractivity contribution in [2.45, 2.75) is 24.9 Å². The van der Waals surface area contributed by atoms with Crippen molar-refractivity contribution in [2.24, 2.45) is 0 Å². The van der Waals surface area contributed by atoms with E-state index in [0.717, 1.165) is 36.4 Å². The smallest absolute Gasteiger partial charge is 0.227 e. The number of ether oxygens (including phenoxy) is 3. The van der Waals surface area contributed by atoms with Crippen molar-refractivity contribution in [1.29, 1.82) is 0 Å². The molecule has 144 valence electrons. The third-order valence-corrected chi connectivity index (χ3v) is 5.06. The molecule has 0 radical (unpaired) electrons. The first kappa shape index (κ1) is 19.2. The fourth-order valence-electron chi connectivity index (χ4n) is 3.45. The maximum Gasteiger partial charge on any atom is 0.227 e. The molecule has 0 aliphatic carbocycles. The molecule has 2 aromatic rings. The topological polar surface area (TPSA) is 48.0 Å². The van der Waals surface area contributed by atoms with Crippen LogP contribution in [0.1, 0.15) is 18.4 Å². The van der Waals surface area contributed by atoms with Gasteiger partial charge in [0, 0.05) is 13.7 Å². The second-order valence-electron chi connectivity index (χ2n) is 6.94. The van der Waals surface area contributed by atoms with Crippen LogP contribution in [0.2, 0.25) is 0 Å². The summed E-state index contributed by atoms with van der Waals surface area (Å²) in [5.74, 6) is 1.68. The minimum atomic E-state index is -0.474. The number of rotatable bonds is 7. The van der Waals surface area contributed by atoms with E-state index in [9.17, 15) is 4.79 Å². The minimum Gasteiger partial charge on any atom is -0.497 e. The molecule has 1 aliphatic rings. The van der Waals surface area contributed by atoms with Crippen LogP contribution >= 0.6 is 0 Å². The first-order chi connectivity index (χ1) is 13.1. The highest BCUT2D eigenvalue weighted by Gasteiger charge is 2.38. The molecule has 0 bridgehead atoms. The highest BCUT2D eigenvalue weighted by molar-refractivity contribution is 5.79. The fraction of sp³-hybridized carbons (Fsp3) is 0.409. The lowest BCUT2D eigenvalue weighted by atomic mass is 9.92. The van der Waals surface area contributed by atoms with Crippen molar-refractivity contribution in [3.8, 4) is 11.5 Å². The van der Waals surface area contributed by atoms with Crippen LogP contribution in [-0.2, 0) is 16.0 Å². The molecule has 27 heavy (non-hydrogen) atoms. The molecule has 1 unspecified atom stereocenters. The molecular formula is C22H27NO4. The van der Waals surface area contributed by atoms with Gasteiger partial charge in [-0.05, 0) is 42.7 Å². The van der Waals surface area contributed by atoms with Gasteiger partial charge in [-0.2, -0.15) is 0 Å². The number of amides is 1. The number of hydrogen-bond acceptors (Lipinski definition) is 4. The van der Waals surface area contributed by atoms with Crippen LogP contribution < -0.4 is 9.47 Å². The number of carbonyl (C=O) groups excluding carboxylic acids is 1. The van der Waals surface area contributed by atoms with Gasteiger partial charge in [-0.3, -0.25) is 4.79 Å². The Morgan fingerprint density at radius 3 is 2.59 bits per heavy atom. The summed E-state index contributed by atoms with van der Waals surface area (Å²) in [7, 11) is 3.33. The Kier molecular flexibility index (Phi) is 6.35. The van der Waals surface area contributed by atoms with Crippen LogP contribution in [0, 0.1) is 0 Å². The molecule has 1 atom stereocenters. The van der Waals surface area contributed by atoms with E-state index in [2.05, 4.69) is 0 Å². The Balaban J connectivity index is 1.63. The first-order valence-corrected chi connectivity index (χ1v) is 9.28. The number of likely N-dealkylation sites (tertiary alicyclic amines) is 1. The Hall–Kier alpha value is -2.53. The van der Waals surface area contributed by atoms with E-state index in [1.807, 2.05) is 59.5 Å². The zero-order valence-electron chi connectivity index (χ0n) is 16.0. The third-order valence-electron chi connectivity index (χ3n) is 5.06. The predicted octanol–water partition coefficient (Wildman–Crippen LogP) is 3.32. The number of para-hydroxylation sites is 1. The number of hydrogen-bond donors (Lipinski definition) is 0. The highest BCUT2D eigenvalue weighted by Crippen LogP contribution is 2.27. The number of piperidine rings is 1. The SMILES string of the molecule is COc1cccc(CC(=O)N2CCCC(COc3ccccc3)(OC)C2)c1. The standard InChI is InChI=1S/C22H27NO4/c1-25-20-11-6-8-18(14-20)15-21(24)23-13-7-12-22(16-23,26-2)17-27-19-9-4-3-5-10-19/h3-6,8-11,14H,7,12-13,15-17H2,1-2H3. The summed E-state index contributed by atoms with van der Waals surface area (Å²) in [6.07, 6.45) is 2.13. The summed E-state index contributed by atoms with van der Waals surface area (Å²) in [5, 5.41) is 0. The molecule has 0 N–H and O–H groups in total. The van der Waals surface area contributed by atoms with E-state index < -0.39 is 5.60 Å². The molecule has 1 fully saturated rings. The summed E-state index contributed by atoms with van der Waals surface area (Å²) in [6.45, 7) is 1.72. The molecule has 0 saturated carbocycles. The van der Waals surface area contributed by atoms with Crippen LogP contribution in [0.15, 0.2) is 54.6 Å². The normalized spacial score (nSPS) is 19.6. The zero-order chi connectivity index (χ0) is 19.1. The summed E-state index contributed by atoms with van der Waals surface area (Å²) in [6, 6.07) is 17.3. The van der Waals surface area contributed by atoms with E-state index in [1.165, 1.54) is 0 Å². The van der Waals surface area contributed by atoms with E-state index in [1.54, 1.807) is 14.2 Å². The zero-order valence-corrected chi connectivity index (χ0v) is 16.0. The van der Waals surface area contributed by atoms with Gasteiger partial charge in [0.25, 0.3) is 0 Å². The van der Waals surface area contributed by atoms with Gasteiger partial charge in [0.15, 0.2) is 0 Å². The first-order valence-electron chi connectivity index (χ1n) is 9.28. The molecule has 1 amide bonds. The minimum absolute atomic E-state index is 0.101. The molecule has 1 heterocycles. The average Bonchev–Trinajstić information content (AvgIpc) is 2.73. The van der Waals surface area contributed by atoms with Crippen LogP contribution in [0.5, 0.6) is 11.5 Å².